The van der Waals surface area contributed by atoms with E-state index in [0.29, 0.717) is 10.0 Å². The maximum atomic E-state index is 12.7. The minimum atomic E-state index is -3.67. The van der Waals surface area contributed by atoms with Gasteiger partial charge in [-0.2, -0.15) is 4.31 Å². The van der Waals surface area contributed by atoms with Crippen molar-refractivity contribution in [3.8, 4) is 0 Å². The number of rotatable bonds is 5. The van der Waals surface area contributed by atoms with Crippen LogP contribution in [0.5, 0.6) is 0 Å². The summed E-state index contributed by atoms with van der Waals surface area (Å²) < 4.78 is 37.8. The first kappa shape index (κ1) is 16.9. The lowest BCUT2D eigenvalue weighted by atomic mass is 10.2. The predicted molar refractivity (Wildman–Crippen MR) is 80.4 cm³/mol. The van der Waals surface area contributed by atoms with Crippen LogP contribution in [-0.2, 0) is 26.1 Å². The van der Waals surface area contributed by atoms with Crippen molar-refractivity contribution >= 4 is 26.0 Å². The summed E-state index contributed by atoms with van der Waals surface area (Å²) in [5, 5.41) is 9.18. The highest BCUT2D eigenvalue weighted by atomic mass is 79.9. The molecule has 2 atom stereocenters. The Labute approximate surface area is 132 Å². The van der Waals surface area contributed by atoms with Crippen LogP contribution in [-0.4, -0.2) is 57.3 Å². The van der Waals surface area contributed by atoms with E-state index >= 15 is 0 Å². The Morgan fingerprint density at radius 3 is 2.33 bits per heavy atom. The fraction of sp³-hybridized carbons (Fsp3) is 0.538. The van der Waals surface area contributed by atoms with Crippen LogP contribution >= 0.6 is 15.9 Å². The lowest BCUT2D eigenvalue weighted by Gasteiger charge is -2.17. The van der Waals surface area contributed by atoms with Gasteiger partial charge >= 0.3 is 0 Å². The van der Waals surface area contributed by atoms with E-state index in [1.807, 2.05) is 0 Å². The molecule has 6 nitrogen and oxygen atoms in total. The van der Waals surface area contributed by atoms with E-state index < -0.39 is 10.0 Å². The molecule has 1 fully saturated rings. The van der Waals surface area contributed by atoms with Crippen molar-refractivity contribution in [1.82, 2.24) is 4.31 Å². The Bertz CT molecular complexity index is 595. The van der Waals surface area contributed by atoms with Crippen LogP contribution < -0.4 is 0 Å². The monoisotopic (exact) mass is 379 g/mol. The molecule has 8 heteroatoms. The van der Waals surface area contributed by atoms with Crippen LogP contribution in [0.4, 0.5) is 0 Å². The Kier molecular flexibility index (Phi) is 5.39. The number of hydrogen-bond donors (Lipinski definition) is 1. The van der Waals surface area contributed by atoms with Gasteiger partial charge in [-0.1, -0.05) is 6.07 Å². The quantitative estimate of drug-likeness (QED) is 0.824. The molecule has 21 heavy (non-hydrogen) atoms. The van der Waals surface area contributed by atoms with Gasteiger partial charge in [0.2, 0.25) is 10.0 Å². The molecule has 1 aromatic rings. The summed E-state index contributed by atoms with van der Waals surface area (Å²) >= 11 is 3.26. The summed E-state index contributed by atoms with van der Waals surface area (Å²) in [7, 11) is -0.599. The highest BCUT2D eigenvalue weighted by molar-refractivity contribution is 9.10. The summed E-state index contributed by atoms with van der Waals surface area (Å²) in [5.74, 6) is 0. The molecule has 0 radical (unpaired) electrons. The number of hydrogen-bond acceptors (Lipinski definition) is 5. The van der Waals surface area contributed by atoms with Gasteiger partial charge in [-0.25, -0.2) is 8.42 Å². The van der Waals surface area contributed by atoms with Crippen LogP contribution in [0.25, 0.3) is 0 Å². The average molecular weight is 380 g/mol. The molecule has 2 unspecified atom stereocenters. The molecular weight excluding hydrogens is 362 g/mol. The van der Waals surface area contributed by atoms with Crippen molar-refractivity contribution in [2.45, 2.75) is 23.7 Å². The Morgan fingerprint density at radius 2 is 1.86 bits per heavy atom. The van der Waals surface area contributed by atoms with Crippen molar-refractivity contribution in [3.63, 3.8) is 0 Å². The maximum Gasteiger partial charge on any atom is 0.244 e. The molecular formula is C13H18BrNO5S. The number of benzene rings is 1. The van der Waals surface area contributed by atoms with Crippen molar-refractivity contribution < 1.29 is 23.0 Å². The summed E-state index contributed by atoms with van der Waals surface area (Å²) in [6, 6.07) is 4.76. The number of aliphatic hydroxyl groups is 1. The molecule has 1 heterocycles. The molecule has 1 aliphatic rings. The maximum absolute atomic E-state index is 12.7. The van der Waals surface area contributed by atoms with Crippen LogP contribution in [0, 0.1) is 0 Å². The van der Waals surface area contributed by atoms with Gasteiger partial charge in [0.25, 0.3) is 0 Å². The minimum Gasteiger partial charge on any atom is -0.392 e. The molecule has 1 aliphatic heterocycles. The van der Waals surface area contributed by atoms with Crippen LogP contribution in [0.3, 0.4) is 0 Å². The molecule has 0 spiro atoms. The third kappa shape index (κ3) is 3.30. The SMILES string of the molecule is COC1CN(S(=O)(=O)c2cc(CO)ccc2Br)CC1OC. The average Bonchev–Trinajstić information content (AvgIpc) is 2.91. The molecule has 118 valence electrons. The molecule has 0 bridgehead atoms. The smallest absolute Gasteiger partial charge is 0.244 e. The summed E-state index contributed by atoms with van der Waals surface area (Å²) in [6.45, 7) is 0.275. The van der Waals surface area contributed by atoms with Gasteiger partial charge in [0.15, 0.2) is 0 Å². The third-order valence-corrected chi connectivity index (χ3v) is 6.41. The molecule has 0 saturated carbocycles. The van der Waals surface area contributed by atoms with Gasteiger partial charge in [0, 0.05) is 31.8 Å². The van der Waals surface area contributed by atoms with Crippen molar-refractivity contribution in [2.75, 3.05) is 27.3 Å². The van der Waals surface area contributed by atoms with E-state index in [-0.39, 0.29) is 36.8 Å². The van der Waals surface area contributed by atoms with E-state index in [0.717, 1.165) is 0 Å². The number of halogens is 1. The fourth-order valence-electron chi connectivity index (χ4n) is 2.34. The number of methoxy groups -OCH3 is 2. The molecule has 2 rings (SSSR count). The first-order valence-corrected chi connectivity index (χ1v) is 8.62. The van der Waals surface area contributed by atoms with Crippen molar-refractivity contribution in [2.24, 2.45) is 0 Å². The largest absolute Gasteiger partial charge is 0.392 e. The van der Waals surface area contributed by atoms with Gasteiger partial charge in [-0.15, -0.1) is 0 Å². The highest BCUT2D eigenvalue weighted by Gasteiger charge is 2.40. The fourth-order valence-corrected chi connectivity index (χ4v) is 4.78. The highest BCUT2D eigenvalue weighted by Crippen LogP contribution is 2.29. The molecule has 0 aliphatic carbocycles. The zero-order chi connectivity index (χ0) is 15.6. The topological polar surface area (TPSA) is 76.1 Å². The van der Waals surface area contributed by atoms with Gasteiger partial charge in [-0.3, -0.25) is 0 Å². The molecule has 0 amide bonds. The van der Waals surface area contributed by atoms with Gasteiger partial charge in [0.1, 0.15) is 0 Å². The first-order valence-electron chi connectivity index (χ1n) is 6.39. The Balaban J connectivity index is 2.35. The van der Waals surface area contributed by atoms with E-state index in [1.54, 1.807) is 12.1 Å². The summed E-state index contributed by atoms with van der Waals surface area (Å²) in [5.41, 5.74) is 0.544. The van der Waals surface area contributed by atoms with E-state index in [9.17, 15) is 13.5 Å². The number of nitrogens with zero attached hydrogens (tertiary/aromatic N) is 1. The number of aliphatic hydroxyl groups excluding tert-OH is 1. The minimum absolute atomic E-state index is 0.139. The Hall–Kier alpha value is -0.510. The summed E-state index contributed by atoms with van der Waals surface area (Å²) in [6.07, 6.45) is -0.575. The Morgan fingerprint density at radius 1 is 1.29 bits per heavy atom. The van der Waals surface area contributed by atoms with Crippen LogP contribution in [0.15, 0.2) is 27.6 Å². The first-order chi connectivity index (χ1) is 9.93. The third-order valence-electron chi connectivity index (χ3n) is 3.58. The summed E-state index contributed by atoms with van der Waals surface area (Å²) in [4.78, 5) is 0.139. The van der Waals surface area contributed by atoms with Crippen LogP contribution in [0.1, 0.15) is 5.56 Å². The van der Waals surface area contributed by atoms with Crippen molar-refractivity contribution in [1.29, 1.82) is 0 Å². The molecule has 1 N–H and O–H groups in total. The standard InChI is InChI=1S/C13H18BrNO5S/c1-19-11-6-15(7-12(11)20-2)21(17,18)13-5-9(8-16)3-4-10(13)14/h3-5,11-12,16H,6-8H2,1-2H3. The zero-order valence-corrected chi connectivity index (χ0v) is 14.2. The zero-order valence-electron chi connectivity index (χ0n) is 11.8. The van der Waals surface area contributed by atoms with E-state index in [2.05, 4.69) is 15.9 Å². The lowest BCUT2D eigenvalue weighted by Crippen LogP contribution is -2.30. The lowest BCUT2D eigenvalue weighted by molar-refractivity contribution is -0.00461. The normalized spacial score (nSPS) is 23.6. The molecule has 1 saturated heterocycles. The number of ether oxygens (including phenoxy) is 2. The van der Waals surface area contributed by atoms with Gasteiger partial charge in [-0.05, 0) is 33.6 Å². The van der Waals surface area contributed by atoms with Gasteiger partial charge < -0.3 is 14.6 Å². The predicted octanol–water partition coefficient (Wildman–Crippen LogP) is 0.976. The second kappa shape index (κ2) is 6.72. The second-order valence-corrected chi connectivity index (χ2v) is 7.55. The molecule has 0 aromatic heterocycles. The van der Waals surface area contributed by atoms with E-state index in [1.165, 1.54) is 24.6 Å². The number of sulfonamides is 1. The van der Waals surface area contributed by atoms with E-state index in [4.69, 9.17) is 9.47 Å². The molecule has 1 aromatic carbocycles. The second-order valence-electron chi connectivity index (χ2n) is 4.79. The van der Waals surface area contributed by atoms with Gasteiger partial charge in [0.05, 0.1) is 23.7 Å². The van der Waals surface area contributed by atoms with Crippen molar-refractivity contribution in [3.05, 3.63) is 28.2 Å². The van der Waals surface area contributed by atoms with Crippen LogP contribution in [0.2, 0.25) is 0 Å².